The van der Waals surface area contributed by atoms with Crippen molar-refractivity contribution in [3.05, 3.63) is 42.5 Å². The van der Waals surface area contributed by atoms with E-state index in [1.807, 2.05) is 0 Å². The molecule has 9 heteroatoms. The van der Waals surface area contributed by atoms with Gasteiger partial charge in [-0.1, -0.05) is 12.6 Å². The van der Waals surface area contributed by atoms with E-state index >= 15 is 0 Å². The standard InChI is InChI=1S/C21H27N3O5S/c1-2-19(25)22-20-12-16-13-24(14-18(16)29-20)30(27,28)17-8-6-7-15(11-17)21(26)23-9-4-3-5-10-23/h2,6-8,11,16,18,20H,1,3-5,9-10,12-14H2,(H,22,25). The molecule has 0 saturated carbocycles. The van der Waals surface area contributed by atoms with Gasteiger partial charge in [-0.25, -0.2) is 8.42 Å². The van der Waals surface area contributed by atoms with Gasteiger partial charge in [0, 0.05) is 37.7 Å². The van der Waals surface area contributed by atoms with Gasteiger partial charge >= 0.3 is 0 Å². The van der Waals surface area contributed by atoms with Crippen molar-refractivity contribution in [3.63, 3.8) is 0 Å². The number of hydrogen-bond acceptors (Lipinski definition) is 5. The van der Waals surface area contributed by atoms with Crippen molar-refractivity contribution in [2.75, 3.05) is 26.2 Å². The SMILES string of the molecule is C=CC(=O)NC1CC2CN(S(=O)(=O)c3cccc(C(=O)N4CCCCC4)c3)CC2O1. The second kappa shape index (κ2) is 8.49. The highest BCUT2D eigenvalue weighted by Gasteiger charge is 2.46. The minimum absolute atomic E-state index is 0.0213. The zero-order valence-electron chi connectivity index (χ0n) is 16.8. The molecule has 1 aromatic rings. The zero-order valence-corrected chi connectivity index (χ0v) is 17.6. The smallest absolute Gasteiger partial charge is 0.253 e. The Bertz CT molecular complexity index is 928. The van der Waals surface area contributed by atoms with Crippen LogP contribution in [0.25, 0.3) is 0 Å². The summed E-state index contributed by atoms with van der Waals surface area (Å²) in [5.41, 5.74) is 0.404. The third-order valence-corrected chi connectivity index (χ3v) is 7.88. The number of nitrogens with one attached hydrogen (secondary N) is 1. The molecule has 162 valence electrons. The fraction of sp³-hybridized carbons (Fsp3) is 0.524. The number of piperidine rings is 1. The Labute approximate surface area is 176 Å². The Morgan fingerprint density at radius 2 is 1.93 bits per heavy atom. The minimum atomic E-state index is -3.73. The quantitative estimate of drug-likeness (QED) is 0.707. The number of rotatable bonds is 5. The number of benzene rings is 1. The maximum absolute atomic E-state index is 13.2. The normalized spacial score (nSPS) is 26.9. The van der Waals surface area contributed by atoms with Crippen LogP contribution in [0.2, 0.25) is 0 Å². The monoisotopic (exact) mass is 433 g/mol. The van der Waals surface area contributed by atoms with Crippen LogP contribution in [-0.4, -0.2) is 67.9 Å². The molecule has 4 rings (SSSR count). The van der Waals surface area contributed by atoms with Crippen LogP contribution in [-0.2, 0) is 19.6 Å². The Morgan fingerprint density at radius 3 is 2.63 bits per heavy atom. The van der Waals surface area contributed by atoms with Gasteiger partial charge in [0.2, 0.25) is 15.9 Å². The van der Waals surface area contributed by atoms with Crippen LogP contribution in [0.15, 0.2) is 41.8 Å². The summed E-state index contributed by atoms with van der Waals surface area (Å²) in [5.74, 6) is -0.401. The fourth-order valence-electron chi connectivity index (χ4n) is 4.45. The van der Waals surface area contributed by atoms with Crippen LogP contribution < -0.4 is 5.32 Å². The highest BCUT2D eigenvalue weighted by molar-refractivity contribution is 7.89. The number of carbonyl (C=O) groups excluding carboxylic acids is 2. The van der Waals surface area contributed by atoms with Gasteiger partial charge in [-0.15, -0.1) is 0 Å². The molecule has 0 spiro atoms. The Kier molecular flexibility index (Phi) is 5.95. The summed E-state index contributed by atoms with van der Waals surface area (Å²) in [7, 11) is -3.73. The first-order valence-corrected chi connectivity index (χ1v) is 11.8. The number of likely N-dealkylation sites (tertiary alicyclic amines) is 1. The second-order valence-electron chi connectivity index (χ2n) is 8.07. The van der Waals surface area contributed by atoms with Crippen LogP contribution in [0, 0.1) is 5.92 Å². The molecule has 3 heterocycles. The second-order valence-corrected chi connectivity index (χ2v) is 10.0. The summed E-state index contributed by atoms with van der Waals surface area (Å²) in [5, 5.41) is 2.70. The van der Waals surface area contributed by atoms with E-state index in [0.29, 0.717) is 31.6 Å². The maximum atomic E-state index is 13.2. The number of ether oxygens (including phenoxy) is 1. The van der Waals surface area contributed by atoms with Crippen molar-refractivity contribution < 1.29 is 22.7 Å². The van der Waals surface area contributed by atoms with Gasteiger partial charge in [0.1, 0.15) is 6.23 Å². The summed E-state index contributed by atoms with van der Waals surface area (Å²) in [4.78, 5) is 26.1. The van der Waals surface area contributed by atoms with E-state index in [0.717, 1.165) is 19.3 Å². The average Bonchev–Trinajstić information content (AvgIpc) is 3.33. The zero-order chi connectivity index (χ0) is 21.3. The highest BCUT2D eigenvalue weighted by Crippen LogP contribution is 2.35. The largest absolute Gasteiger partial charge is 0.354 e. The molecule has 3 aliphatic rings. The van der Waals surface area contributed by atoms with Crippen molar-refractivity contribution in [1.29, 1.82) is 0 Å². The topological polar surface area (TPSA) is 96.0 Å². The molecule has 3 saturated heterocycles. The molecule has 3 unspecified atom stereocenters. The van der Waals surface area contributed by atoms with Gasteiger partial charge in [-0.3, -0.25) is 9.59 Å². The molecule has 0 radical (unpaired) electrons. The summed E-state index contributed by atoms with van der Waals surface area (Å²) in [6, 6.07) is 6.31. The molecule has 0 aliphatic carbocycles. The predicted octanol–water partition coefficient (Wildman–Crippen LogP) is 1.35. The summed E-state index contributed by atoms with van der Waals surface area (Å²) >= 11 is 0. The number of amides is 2. The van der Waals surface area contributed by atoms with E-state index in [1.165, 1.54) is 22.5 Å². The van der Waals surface area contributed by atoms with Crippen LogP contribution in [0.4, 0.5) is 0 Å². The van der Waals surface area contributed by atoms with E-state index in [-0.39, 0.29) is 35.3 Å². The third-order valence-electron chi connectivity index (χ3n) is 6.05. The number of hydrogen-bond donors (Lipinski definition) is 1. The number of sulfonamides is 1. The third kappa shape index (κ3) is 4.14. The maximum Gasteiger partial charge on any atom is 0.253 e. The molecular formula is C21H27N3O5S. The van der Waals surface area contributed by atoms with E-state index in [1.54, 1.807) is 17.0 Å². The highest BCUT2D eigenvalue weighted by atomic mass is 32.2. The Morgan fingerprint density at radius 1 is 1.17 bits per heavy atom. The van der Waals surface area contributed by atoms with Crippen LogP contribution in [0.5, 0.6) is 0 Å². The molecule has 3 aliphatic heterocycles. The Balaban J connectivity index is 1.44. The molecule has 2 amide bonds. The van der Waals surface area contributed by atoms with E-state index in [2.05, 4.69) is 11.9 Å². The van der Waals surface area contributed by atoms with Gasteiger partial charge in [-0.05, 0) is 50.0 Å². The van der Waals surface area contributed by atoms with Gasteiger partial charge in [0.15, 0.2) is 0 Å². The summed E-state index contributed by atoms with van der Waals surface area (Å²) in [6.07, 6.45) is 4.16. The van der Waals surface area contributed by atoms with Crippen molar-refractivity contribution in [1.82, 2.24) is 14.5 Å². The molecule has 3 fully saturated rings. The van der Waals surface area contributed by atoms with Gasteiger partial charge in [0.25, 0.3) is 5.91 Å². The first kappa shape index (κ1) is 21.0. The fourth-order valence-corrected chi connectivity index (χ4v) is 6.01. The van der Waals surface area contributed by atoms with Gasteiger partial charge in [0.05, 0.1) is 11.0 Å². The lowest BCUT2D eigenvalue weighted by Gasteiger charge is -2.27. The van der Waals surface area contributed by atoms with E-state index in [4.69, 9.17) is 4.74 Å². The number of carbonyl (C=O) groups is 2. The van der Waals surface area contributed by atoms with Crippen molar-refractivity contribution in [2.45, 2.75) is 42.9 Å². The van der Waals surface area contributed by atoms with Gasteiger partial charge in [-0.2, -0.15) is 4.31 Å². The summed E-state index contributed by atoms with van der Waals surface area (Å²) in [6.45, 7) is 5.41. The minimum Gasteiger partial charge on any atom is -0.354 e. The lowest BCUT2D eigenvalue weighted by atomic mass is 10.1. The molecular weight excluding hydrogens is 406 g/mol. The van der Waals surface area contributed by atoms with E-state index < -0.39 is 16.3 Å². The number of nitrogens with zero attached hydrogens (tertiary/aromatic N) is 2. The van der Waals surface area contributed by atoms with Gasteiger partial charge < -0.3 is 15.0 Å². The average molecular weight is 434 g/mol. The first-order chi connectivity index (χ1) is 14.4. The van der Waals surface area contributed by atoms with Crippen LogP contribution in [0.1, 0.15) is 36.0 Å². The van der Waals surface area contributed by atoms with E-state index in [9.17, 15) is 18.0 Å². The predicted molar refractivity (Wildman–Crippen MR) is 110 cm³/mol. The van der Waals surface area contributed by atoms with Crippen LogP contribution in [0.3, 0.4) is 0 Å². The van der Waals surface area contributed by atoms with Crippen molar-refractivity contribution in [3.8, 4) is 0 Å². The molecule has 1 aromatic carbocycles. The Hall–Kier alpha value is -2.23. The van der Waals surface area contributed by atoms with Crippen molar-refractivity contribution >= 4 is 21.8 Å². The molecule has 3 atom stereocenters. The first-order valence-electron chi connectivity index (χ1n) is 10.4. The lowest BCUT2D eigenvalue weighted by Crippen LogP contribution is -2.37. The molecule has 8 nitrogen and oxygen atoms in total. The lowest BCUT2D eigenvalue weighted by molar-refractivity contribution is -0.120. The molecule has 0 bridgehead atoms. The number of fused-ring (bicyclic) bond motifs is 1. The van der Waals surface area contributed by atoms with Crippen LogP contribution >= 0.6 is 0 Å². The molecule has 1 N–H and O–H groups in total. The molecule has 30 heavy (non-hydrogen) atoms. The molecule has 0 aromatic heterocycles. The van der Waals surface area contributed by atoms with Crippen molar-refractivity contribution in [2.24, 2.45) is 5.92 Å². The summed E-state index contributed by atoms with van der Waals surface area (Å²) < 4.78 is 33.6.